The Balaban J connectivity index is 2.04. The molecule has 1 atom stereocenters. The standard InChI is InChI=1S/C16H16N6O4/c1-3-25-15(23)13-10(7-22-8-18-12(6-17)21-22)19-16(24)20-14(13)11-5-4-9(2)26-11/h4-5,8,14H,3,7H2,1-2H3,(H2,19,20,24)/t14-/m0/s1. The highest BCUT2D eigenvalue weighted by Gasteiger charge is 2.35. The Bertz CT molecular complexity index is 919. The molecule has 0 aromatic carbocycles. The van der Waals surface area contributed by atoms with Gasteiger partial charge in [-0.05, 0) is 26.0 Å². The Morgan fingerprint density at radius 3 is 2.92 bits per heavy atom. The first-order valence-corrected chi connectivity index (χ1v) is 7.85. The SMILES string of the molecule is CCOC(=O)C1=C(Cn2cnc(C#N)n2)NC(=O)N[C@H]1c1ccc(C)o1. The lowest BCUT2D eigenvalue weighted by atomic mass is 10.00. The Kier molecular flexibility index (Phi) is 4.70. The average Bonchev–Trinajstić information content (AvgIpc) is 3.23. The van der Waals surface area contributed by atoms with E-state index < -0.39 is 18.0 Å². The predicted molar refractivity (Wildman–Crippen MR) is 86.2 cm³/mol. The van der Waals surface area contributed by atoms with Gasteiger partial charge in [0, 0.05) is 0 Å². The molecule has 2 N–H and O–H groups in total. The average molecular weight is 356 g/mol. The Hall–Kier alpha value is -3.61. The van der Waals surface area contributed by atoms with Crippen molar-refractivity contribution in [1.82, 2.24) is 25.4 Å². The van der Waals surface area contributed by atoms with Gasteiger partial charge in [0.15, 0.2) is 0 Å². The molecule has 1 aliphatic rings. The van der Waals surface area contributed by atoms with Gasteiger partial charge in [-0.3, -0.25) is 0 Å². The van der Waals surface area contributed by atoms with Gasteiger partial charge in [0.05, 0.1) is 24.4 Å². The summed E-state index contributed by atoms with van der Waals surface area (Å²) < 4.78 is 12.1. The number of nitrogens with zero attached hydrogens (tertiary/aromatic N) is 4. The molecular formula is C16H16N6O4. The fraction of sp³-hybridized carbons (Fsp3) is 0.312. The Morgan fingerprint density at radius 1 is 1.50 bits per heavy atom. The van der Waals surface area contributed by atoms with E-state index in [1.165, 1.54) is 11.0 Å². The highest BCUT2D eigenvalue weighted by atomic mass is 16.5. The minimum atomic E-state index is -0.801. The van der Waals surface area contributed by atoms with E-state index in [2.05, 4.69) is 20.7 Å². The summed E-state index contributed by atoms with van der Waals surface area (Å²) in [4.78, 5) is 28.5. The summed E-state index contributed by atoms with van der Waals surface area (Å²) in [7, 11) is 0. The molecule has 10 heteroatoms. The number of urea groups is 1. The summed E-state index contributed by atoms with van der Waals surface area (Å²) in [5.74, 6) is 0.457. The van der Waals surface area contributed by atoms with E-state index >= 15 is 0 Å². The molecule has 26 heavy (non-hydrogen) atoms. The van der Waals surface area contributed by atoms with Gasteiger partial charge < -0.3 is 19.8 Å². The van der Waals surface area contributed by atoms with E-state index in [-0.39, 0.29) is 24.5 Å². The first-order valence-electron chi connectivity index (χ1n) is 7.85. The highest BCUT2D eigenvalue weighted by Crippen LogP contribution is 2.29. The lowest BCUT2D eigenvalue weighted by Gasteiger charge is -2.27. The molecule has 134 valence electrons. The zero-order valence-corrected chi connectivity index (χ0v) is 14.1. The minimum Gasteiger partial charge on any atom is -0.464 e. The minimum absolute atomic E-state index is 0.0123. The van der Waals surface area contributed by atoms with Crippen molar-refractivity contribution in [2.45, 2.75) is 26.4 Å². The molecule has 0 radical (unpaired) electrons. The van der Waals surface area contributed by atoms with Gasteiger partial charge in [-0.15, -0.1) is 5.10 Å². The van der Waals surface area contributed by atoms with E-state index in [4.69, 9.17) is 14.4 Å². The normalized spacial score (nSPS) is 16.7. The van der Waals surface area contributed by atoms with Crippen LogP contribution in [0.5, 0.6) is 0 Å². The van der Waals surface area contributed by atoms with Crippen LogP contribution in [0.1, 0.15) is 30.3 Å². The number of nitriles is 1. The number of nitrogens with one attached hydrogen (secondary N) is 2. The first kappa shape index (κ1) is 17.2. The van der Waals surface area contributed by atoms with Crippen LogP contribution >= 0.6 is 0 Å². The fourth-order valence-corrected chi connectivity index (χ4v) is 2.60. The van der Waals surface area contributed by atoms with E-state index in [0.717, 1.165) is 0 Å². The van der Waals surface area contributed by atoms with E-state index in [0.29, 0.717) is 17.2 Å². The number of aromatic nitrogens is 3. The summed E-state index contributed by atoms with van der Waals surface area (Å²) in [6.07, 6.45) is 1.34. The first-order chi connectivity index (χ1) is 12.5. The number of hydrogen-bond donors (Lipinski definition) is 2. The van der Waals surface area contributed by atoms with Crippen molar-refractivity contribution in [3.05, 3.63) is 47.1 Å². The summed E-state index contributed by atoms with van der Waals surface area (Å²) in [6, 6.07) is 3.95. The molecule has 1 aliphatic heterocycles. The zero-order chi connectivity index (χ0) is 18.7. The van der Waals surface area contributed by atoms with Crippen molar-refractivity contribution in [2.75, 3.05) is 6.61 Å². The molecule has 0 aliphatic carbocycles. The number of esters is 1. The van der Waals surface area contributed by atoms with Crippen LogP contribution in [0.3, 0.4) is 0 Å². The van der Waals surface area contributed by atoms with Gasteiger partial charge in [0.2, 0.25) is 0 Å². The smallest absolute Gasteiger partial charge is 0.338 e. The number of hydrogen-bond acceptors (Lipinski definition) is 7. The van der Waals surface area contributed by atoms with Crippen LogP contribution in [0.15, 0.2) is 34.1 Å². The number of ether oxygens (including phenoxy) is 1. The Morgan fingerprint density at radius 2 is 2.31 bits per heavy atom. The molecule has 3 rings (SSSR count). The van der Waals surface area contributed by atoms with Gasteiger partial charge in [0.25, 0.3) is 5.82 Å². The van der Waals surface area contributed by atoms with Crippen LogP contribution in [-0.2, 0) is 16.1 Å². The second-order valence-corrected chi connectivity index (χ2v) is 5.47. The quantitative estimate of drug-likeness (QED) is 0.760. The molecule has 2 amide bonds. The van der Waals surface area contributed by atoms with Crippen LogP contribution < -0.4 is 10.6 Å². The van der Waals surface area contributed by atoms with E-state index in [1.807, 2.05) is 6.07 Å². The van der Waals surface area contributed by atoms with Crippen molar-refractivity contribution in [2.24, 2.45) is 0 Å². The molecule has 0 saturated carbocycles. The van der Waals surface area contributed by atoms with Crippen molar-refractivity contribution in [3.8, 4) is 6.07 Å². The Labute approximate surface area is 148 Å². The highest BCUT2D eigenvalue weighted by molar-refractivity contribution is 5.94. The lowest BCUT2D eigenvalue weighted by Crippen LogP contribution is -2.46. The van der Waals surface area contributed by atoms with E-state index in [1.54, 1.807) is 26.0 Å². The maximum Gasteiger partial charge on any atom is 0.338 e. The molecule has 0 saturated heterocycles. The molecule has 3 heterocycles. The maximum absolute atomic E-state index is 12.5. The second-order valence-electron chi connectivity index (χ2n) is 5.47. The maximum atomic E-state index is 12.5. The van der Waals surface area contributed by atoms with Crippen molar-refractivity contribution in [3.63, 3.8) is 0 Å². The predicted octanol–water partition coefficient (Wildman–Crippen LogP) is 0.923. The van der Waals surface area contributed by atoms with Crippen molar-refractivity contribution in [1.29, 1.82) is 5.26 Å². The topological polar surface area (TPSA) is 135 Å². The van der Waals surface area contributed by atoms with Crippen molar-refractivity contribution < 1.29 is 18.7 Å². The third-order valence-electron chi connectivity index (χ3n) is 3.65. The molecule has 0 unspecified atom stereocenters. The van der Waals surface area contributed by atoms with Crippen LogP contribution in [0.2, 0.25) is 0 Å². The van der Waals surface area contributed by atoms with Gasteiger partial charge in [-0.2, -0.15) is 5.26 Å². The third-order valence-corrected chi connectivity index (χ3v) is 3.65. The number of rotatable bonds is 5. The van der Waals surface area contributed by atoms with Crippen LogP contribution in [0.25, 0.3) is 0 Å². The monoisotopic (exact) mass is 356 g/mol. The van der Waals surface area contributed by atoms with Gasteiger partial charge >= 0.3 is 12.0 Å². The molecule has 0 fully saturated rings. The third kappa shape index (κ3) is 3.41. The second kappa shape index (κ2) is 7.10. The summed E-state index contributed by atoms with van der Waals surface area (Å²) >= 11 is 0. The zero-order valence-electron chi connectivity index (χ0n) is 14.1. The summed E-state index contributed by atoms with van der Waals surface area (Å²) in [5, 5.41) is 18.1. The van der Waals surface area contributed by atoms with Gasteiger partial charge in [-0.1, -0.05) is 0 Å². The number of aryl methyl sites for hydroxylation is 1. The van der Waals surface area contributed by atoms with Crippen LogP contribution in [-0.4, -0.2) is 33.4 Å². The lowest BCUT2D eigenvalue weighted by molar-refractivity contribution is -0.139. The molecular weight excluding hydrogens is 340 g/mol. The number of carbonyl (C=O) groups is 2. The van der Waals surface area contributed by atoms with Gasteiger partial charge in [0.1, 0.15) is 30.0 Å². The van der Waals surface area contributed by atoms with Gasteiger partial charge in [-0.25, -0.2) is 19.3 Å². The van der Waals surface area contributed by atoms with Crippen LogP contribution in [0, 0.1) is 18.3 Å². The van der Waals surface area contributed by atoms with Crippen LogP contribution in [0.4, 0.5) is 4.79 Å². The molecule has 0 spiro atoms. The molecule has 0 bridgehead atoms. The fourth-order valence-electron chi connectivity index (χ4n) is 2.60. The molecule has 2 aromatic heterocycles. The van der Waals surface area contributed by atoms with E-state index in [9.17, 15) is 9.59 Å². The molecule has 2 aromatic rings. The molecule has 10 nitrogen and oxygen atoms in total. The largest absolute Gasteiger partial charge is 0.464 e. The van der Waals surface area contributed by atoms with Crippen molar-refractivity contribution >= 4 is 12.0 Å². The number of allylic oxidation sites excluding steroid dienone is 1. The summed E-state index contributed by atoms with van der Waals surface area (Å²) in [6.45, 7) is 3.66. The number of furan rings is 1. The number of amides is 2. The summed E-state index contributed by atoms with van der Waals surface area (Å²) in [5.41, 5.74) is 0.496. The number of carbonyl (C=O) groups excluding carboxylic acids is 2.